The molecule has 1 saturated heterocycles. The number of rotatable bonds is 2. The third kappa shape index (κ3) is 4.98. The molecular formula is C19H29N3O2. The molecule has 132 valence electrons. The Kier molecular flexibility index (Phi) is 5.86. The van der Waals surface area contributed by atoms with E-state index in [4.69, 9.17) is 0 Å². The first-order valence-corrected chi connectivity index (χ1v) is 8.65. The first kappa shape index (κ1) is 18.3. The highest BCUT2D eigenvalue weighted by molar-refractivity contribution is 5.95. The Morgan fingerprint density at radius 2 is 1.67 bits per heavy atom. The van der Waals surface area contributed by atoms with Crippen molar-refractivity contribution in [2.45, 2.75) is 34.1 Å². The SMILES string of the molecule is Cc1ccccc1C(=O)N1CCCN(C(=O)NCC(C)(C)C)CC1. The zero-order chi connectivity index (χ0) is 17.7. The first-order chi connectivity index (χ1) is 11.3. The van der Waals surface area contributed by atoms with Crippen LogP contribution in [0, 0.1) is 12.3 Å². The second-order valence-corrected chi connectivity index (χ2v) is 7.67. The highest BCUT2D eigenvalue weighted by atomic mass is 16.2. The normalized spacial score (nSPS) is 15.8. The van der Waals surface area contributed by atoms with Crippen molar-refractivity contribution in [2.24, 2.45) is 5.41 Å². The van der Waals surface area contributed by atoms with Gasteiger partial charge in [0.15, 0.2) is 0 Å². The van der Waals surface area contributed by atoms with E-state index >= 15 is 0 Å². The van der Waals surface area contributed by atoms with Gasteiger partial charge in [0.25, 0.3) is 5.91 Å². The Morgan fingerprint density at radius 3 is 2.33 bits per heavy atom. The van der Waals surface area contributed by atoms with Gasteiger partial charge in [-0.05, 0) is 30.4 Å². The lowest BCUT2D eigenvalue weighted by atomic mass is 9.97. The molecule has 2 rings (SSSR count). The van der Waals surface area contributed by atoms with Crippen LogP contribution < -0.4 is 5.32 Å². The van der Waals surface area contributed by atoms with Gasteiger partial charge in [0.1, 0.15) is 0 Å². The van der Waals surface area contributed by atoms with Crippen LogP contribution in [0.4, 0.5) is 4.79 Å². The highest BCUT2D eigenvalue weighted by Gasteiger charge is 2.24. The fourth-order valence-electron chi connectivity index (χ4n) is 2.76. The average molecular weight is 331 g/mol. The lowest BCUT2D eigenvalue weighted by Crippen LogP contribution is -2.44. The van der Waals surface area contributed by atoms with Crippen LogP contribution in [0.5, 0.6) is 0 Å². The predicted octanol–water partition coefficient (Wildman–Crippen LogP) is 2.90. The van der Waals surface area contributed by atoms with Crippen LogP contribution in [0.3, 0.4) is 0 Å². The quantitative estimate of drug-likeness (QED) is 0.906. The van der Waals surface area contributed by atoms with Gasteiger partial charge in [-0.3, -0.25) is 4.79 Å². The van der Waals surface area contributed by atoms with Gasteiger partial charge in [0.05, 0.1) is 0 Å². The minimum atomic E-state index is -0.0323. The maximum atomic E-state index is 12.7. The van der Waals surface area contributed by atoms with E-state index in [2.05, 4.69) is 26.1 Å². The molecule has 5 heteroatoms. The van der Waals surface area contributed by atoms with Crippen LogP contribution in [0.15, 0.2) is 24.3 Å². The molecule has 0 saturated carbocycles. The van der Waals surface area contributed by atoms with E-state index in [0.717, 1.165) is 17.5 Å². The number of amides is 3. The molecule has 0 aromatic heterocycles. The standard InChI is InChI=1S/C19H29N3O2/c1-15-8-5-6-9-16(15)17(23)21-10-7-11-22(13-12-21)18(24)20-14-19(2,3)4/h5-6,8-9H,7,10-14H2,1-4H3,(H,20,24). The van der Waals surface area contributed by atoms with Crippen LogP contribution in [0.1, 0.15) is 43.1 Å². The maximum absolute atomic E-state index is 12.7. The van der Waals surface area contributed by atoms with Gasteiger partial charge in [0.2, 0.25) is 0 Å². The fourth-order valence-corrected chi connectivity index (χ4v) is 2.76. The monoisotopic (exact) mass is 331 g/mol. The summed E-state index contributed by atoms with van der Waals surface area (Å²) in [7, 11) is 0. The lowest BCUT2D eigenvalue weighted by molar-refractivity contribution is 0.0761. The number of nitrogens with one attached hydrogen (secondary N) is 1. The largest absolute Gasteiger partial charge is 0.337 e. The number of aryl methyl sites for hydroxylation is 1. The molecule has 0 bridgehead atoms. The van der Waals surface area contributed by atoms with E-state index in [0.29, 0.717) is 32.7 Å². The van der Waals surface area contributed by atoms with Crippen molar-refractivity contribution >= 4 is 11.9 Å². The van der Waals surface area contributed by atoms with E-state index in [1.54, 1.807) is 0 Å². The van der Waals surface area contributed by atoms with Gasteiger partial charge in [-0.2, -0.15) is 0 Å². The van der Waals surface area contributed by atoms with Crippen molar-refractivity contribution in [3.8, 4) is 0 Å². The van der Waals surface area contributed by atoms with Crippen molar-refractivity contribution in [2.75, 3.05) is 32.7 Å². The van der Waals surface area contributed by atoms with Gasteiger partial charge < -0.3 is 15.1 Å². The van der Waals surface area contributed by atoms with Gasteiger partial charge in [-0.15, -0.1) is 0 Å². The molecule has 1 fully saturated rings. The average Bonchev–Trinajstić information content (AvgIpc) is 2.78. The van der Waals surface area contributed by atoms with Crippen LogP contribution in [0.25, 0.3) is 0 Å². The molecule has 24 heavy (non-hydrogen) atoms. The van der Waals surface area contributed by atoms with E-state index in [-0.39, 0.29) is 17.4 Å². The van der Waals surface area contributed by atoms with Gasteiger partial charge >= 0.3 is 6.03 Å². The zero-order valence-corrected chi connectivity index (χ0v) is 15.3. The van der Waals surface area contributed by atoms with Crippen molar-refractivity contribution in [3.63, 3.8) is 0 Å². The Hall–Kier alpha value is -2.04. The van der Waals surface area contributed by atoms with Crippen molar-refractivity contribution in [3.05, 3.63) is 35.4 Å². The molecule has 1 aromatic carbocycles. The van der Waals surface area contributed by atoms with Crippen molar-refractivity contribution in [1.82, 2.24) is 15.1 Å². The molecule has 0 radical (unpaired) electrons. The summed E-state index contributed by atoms with van der Waals surface area (Å²) < 4.78 is 0. The molecular weight excluding hydrogens is 302 g/mol. The van der Waals surface area contributed by atoms with Gasteiger partial charge in [-0.25, -0.2) is 4.79 Å². The summed E-state index contributed by atoms with van der Waals surface area (Å²) in [6, 6.07) is 7.63. The van der Waals surface area contributed by atoms with Crippen LogP contribution in [0.2, 0.25) is 0 Å². The van der Waals surface area contributed by atoms with Crippen molar-refractivity contribution < 1.29 is 9.59 Å². The number of benzene rings is 1. The Morgan fingerprint density at radius 1 is 1.04 bits per heavy atom. The van der Waals surface area contributed by atoms with Gasteiger partial charge in [-0.1, -0.05) is 39.0 Å². The zero-order valence-electron chi connectivity index (χ0n) is 15.3. The third-order valence-electron chi connectivity index (χ3n) is 4.22. The summed E-state index contributed by atoms with van der Waals surface area (Å²) in [6.07, 6.45) is 0.806. The molecule has 1 heterocycles. The first-order valence-electron chi connectivity index (χ1n) is 8.65. The third-order valence-corrected chi connectivity index (χ3v) is 4.22. The Balaban J connectivity index is 1.94. The minimum Gasteiger partial charge on any atom is -0.337 e. The fraction of sp³-hybridized carbons (Fsp3) is 0.579. The summed E-state index contributed by atoms with van der Waals surface area (Å²) in [5.41, 5.74) is 1.81. The van der Waals surface area contributed by atoms with E-state index in [1.165, 1.54) is 0 Å². The molecule has 5 nitrogen and oxygen atoms in total. The van der Waals surface area contributed by atoms with E-state index < -0.39 is 0 Å². The number of urea groups is 1. The molecule has 0 aliphatic carbocycles. The van der Waals surface area contributed by atoms with Crippen LogP contribution in [-0.4, -0.2) is 54.5 Å². The molecule has 1 aliphatic rings. The lowest BCUT2D eigenvalue weighted by Gasteiger charge is -2.25. The predicted molar refractivity (Wildman–Crippen MR) is 96.1 cm³/mol. The topological polar surface area (TPSA) is 52.7 Å². The Bertz CT molecular complexity index is 593. The maximum Gasteiger partial charge on any atom is 0.317 e. The van der Waals surface area contributed by atoms with Crippen LogP contribution in [-0.2, 0) is 0 Å². The minimum absolute atomic E-state index is 0.0323. The molecule has 1 N–H and O–H groups in total. The summed E-state index contributed by atoms with van der Waals surface area (Å²) >= 11 is 0. The second-order valence-electron chi connectivity index (χ2n) is 7.67. The van der Waals surface area contributed by atoms with Crippen LogP contribution >= 0.6 is 0 Å². The summed E-state index contributed by atoms with van der Waals surface area (Å²) in [6.45, 7) is 11.4. The summed E-state index contributed by atoms with van der Waals surface area (Å²) in [5.74, 6) is 0.0602. The number of hydrogen-bond acceptors (Lipinski definition) is 2. The van der Waals surface area contributed by atoms with E-state index in [9.17, 15) is 9.59 Å². The summed E-state index contributed by atoms with van der Waals surface area (Å²) in [5, 5.41) is 2.99. The second kappa shape index (κ2) is 7.69. The Labute approximate surface area is 145 Å². The number of carbonyl (C=O) groups is 2. The molecule has 0 spiro atoms. The van der Waals surface area contributed by atoms with Gasteiger partial charge in [0, 0.05) is 38.3 Å². The smallest absolute Gasteiger partial charge is 0.317 e. The van der Waals surface area contributed by atoms with Crippen molar-refractivity contribution in [1.29, 1.82) is 0 Å². The molecule has 3 amide bonds. The number of carbonyl (C=O) groups excluding carboxylic acids is 2. The molecule has 0 unspecified atom stereocenters. The molecule has 1 aromatic rings. The number of hydrogen-bond donors (Lipinski definition) is 1. The number of nitrogens with zero attached hydrogens (tertiary/aromatic N) is 2. The highest BCUT2D eigenvalue weighted by Crippen LogP contribution is 2.14. The summed E-state index contributed by atoms with van der Waals surface area (Å²) in [4.78, 5) is 28.7. The molecule has 0 atom stereocenters. The molecule has 1 aliphatic heterocycles. The van der Waals surface area contributed by atoms with E-state index in [1.807, 2.05) is 41.0 Å².